The third-order valence-corrected chi connectivity index (χ3v) is 5.15. The first-order valence-electron chi connectivity index (χ1n) is 8.88. The Labute approximate surface area is 148 Å². The second kappa shape index (κ2) is 6.36. The van der Waals surface area contributed by atoms with Crippen molar-refractivity contribution in [2.45, 2.75) is 19.8 Å². The van der Waals surface area contributed by atoms with Crippen LogP contribution >= 0.6 is 0 Å². The minimum atomic E-state index is -0.272. The first kappa shape index (κ1) is 15.9. The van der Waals surface area contributed by atoms with E-state index in [1.54, 1.807) is 4.90 Å². The van der Waals surface area contributed by atoms with Gasteiger partial charge in [0.25, 0.3) is 0 Å². The first-order valence-corrected chi connectivity index (χ1v) is 8.88. The van der Waals surface area contributed by atoms with Crippen molar-refractivity contribution in [3.8, 4) is 0 Å². The summed E-state index contributed by atoms with van der Waals surface area (Å²) in [5, 5.41) is 0. The smallest absolute Gasteiger partial charge is 0.232 e. The van der Waals surface area contributed by atoms with E-state index in [9.17, 15) is 9.59 Å². The molecule has 0 spiro atoms. The van der Waals surface area contributed by atoms with E-state index in [1.165, 1.54) is 5.56 Å². The van der Waals surface area contributed by atoms with Crippen molar-refractivity contribution in [2.24, 2.45) is 11.8 Å². The van der Waals surface area contributed by atoms with Gasteiger partial charge in [-0.1, -0.05) is 43.3 Å². The van der Waals surface area contributed by atoms with Crippen LogP contribution in [0.3, 0.4) is 0 Å². The van der Waals surface area contributed by atoms with Crippen LogP contribution in [-0.4, -0.2) is 24.9 Å². The van der Waals surface area contributed by atoms with Gasteiger partial charge in [0.2, 0.25) is 11.8 Å². The number of carbonyl (C=O) groups excluding carboxylic acids is 2. The van der Waals surface area contributed by atoms with Crippen molar-refractivity contribution in [3.63, 3.8) is 0 Å². The molecule has 4 heteroatoms. The standard InChI is InChI=1S/C21H22N2O2/c1-15-11-16-7-5-6-10-19(16)23(13-15)21(25)17-12-20(24)22(14-17)18-8-3-2-4-9-18/h2-10,15,17H,11-14H2,1H3. The summed E-state index contributed by atoms with van der Waals surface area (Å²) >= 11 is 0. The molecule has 2 unspecified atom stereocenters. The molecule has 2 amide bonds. The number of carbonyl (C=O) groups is 2. The van der Waals surface area contributed by atoms with Gasteiger partial charge < -0.3 is 9.80 Å². The second-order valence-corrected chi connectivity index (χ2v) is 7.13. The lowest BCUT2D eigenvalue weighted by molar-refractivity contribution is -0.124. The molecule has 2 aliphatic rings. The first-order chi connectivity index (χ1) is 12.1. The van der Waals surface area contributed by atoms with Gasteiger partial charge in [0.15, 0.2) is 0 Å². The molecule has 2 aromatic carbocycles. The molecule has 2 aliphatic heterocycles. The highest BCUT2D eigenvalue weighted by Gasteiger charge is 2.39. The van der Waals surface area contributed by atoms with Crippen LogP contribution in [0.15, 0.2) is 54.6 Å². The number of benzene rings is 2. The second-order valence-electron chi connectivity index (χ2n) is 7.13. The van der Waals surface area contributed by atoms with Crippen molar-refractivity contribution in [1.82, 2.24) is 0 Å². The molecule has 0 bridgehead atoms. The van der Waals surface area contributed by atoms with Crippen LogP contribution in [0.5, 0.6) is 0 Å². The fourth-order valence-electron chi connectivity index (χ4n) is 3.96. The van der Waals surface area contributed by atoms with E-state index in [0.29, 0.717) is 18.9 Å². The van der Waals surface area contributed by atoms with E-state index < -0.39 is 0 Å². The molecule has 128 valence electrons. The number of amides is 2. The average molecular weight is 334 g/mol. The van der Waals surface area contributed by atoms with Crippen LogP contribution in [0.2, 0.25) is 0 Å². The lowest BCUT2D eigenvalue weighted by atomic mass is 9.92. The summed E-state index contributed by atoms with van der Waals surface area (Å²) in [6.45, 7) is 3.37. The molecule has 2 atom stereocenters. The van der Waals surface area contributed by atoms with Crippen LogP contribution in [0.1, 0.15) is 18.9 Å². The highest BCUT2D eigenvalue weighted by atomic mass is 16.2. The zero-order valence-corrected chi connectivity index (χ0v) is 14.4. The fourth-order valence-corrected chi connectivity index (χ4v) is 3.96. The van der Waals surface area contributed by atoms with Gasteiger partial charge in [0.1, 0.15) is 0 Å². The largest absolute Gasteiger partial charge is 0.312 e. The molecule has 0 aliphatic carbocycles. The van der Waals surface area contributed by atoms with E-state index in [0.717, 1.165) is 24.3 Å². The molecule has 2 aromatic rings. The third kappa shape index (κ3) is 2.93. The zero-order chi connectivity index (χ0) is 17.4. The van der Waals surface area contributed by atoms with Crippen LogP contribution in [0.4, 0.5) is 11.4 Å². The Morgan fingerprint density at radius 1 is 0.960 bits per heavy atom. The summed E-state index contributed by atoms with van der Waals surface area (Å²) < 4.78 is 0. The minimum absolute atomic E-state index is 0.0305. The van der Waals surface area contributed by atoms with Gasteiger partial charge in [-0.05, 0) is 36.1 Å². The Morgan fingerprint density at radius 3 is 2.48 bits per heavy atom. The zero-order valence-electron chi connectivity index (χ0n) is 14.4. The van der Waals surface area contributed by atoms with Crippen molar-refractivity contribution in [3.05, 3.63) is 60.2 Å². The van der Waals surface area contributed by atoms with Crippen molar-refractivity contribution < 1.29 is 9.59 Å². The maximum atomic E-state index is 13.2. The molecule has 2 heterocycles. The normalized spacial score (nSPS) is 22.8. The number of fused-ring (bicyclic) bond motifs is 1. The molecule has 0 aromatic heterocycles. The van der Waals surface area contributed by atoms with Gasteiger partial charge >= 0.3 is 0 Å². The molecule has 1 saturated heterocycles. The highest BCUT2D eigenvalue weighted by molar-refractivity contribution is 6.04. The molecule has 4 rings (SSSR count). The maximum absolute atomic E-state index is 13.2. The average Bonchev–Trinajstić information content (AvgIpc) is 3.03. The Bertz CT molecular complexity index is 803. The van der Waals surface area contributed by atoms with Crippen LogP contribution < -0.4 is 9.80 Å². The fraction of sp³-hybridized carbons (Fsp3) is 0.333. The number of hydrogen-bond acceptors (Lipinski definition) is 2. The molecule has 0 saturated carbocycles. The van der Waals surface area contributed by atoms with Crippen LogP contribution in [-0.2, 0) is 16.0 Å². The lowest BCUT2D eigenvalue weighted by Gasteiger charge is -2.34. The summed E-state index contributed by atoms with van der Waals surface area (Å²) in [5.74, 6) is 0.265. The van der Waals surface area contributed by atoms with Crippen molar-refractivity contribution in [1.29, 1.82) is 0 Å². The predicted octanol–water partition coefficient (Wildman–Crippen LogP) is 3.26. The predicted molar refractivity (Wildman–Crippen MR) is 98.6 cm³/mol. The summed E-state index contributed by atoms with van der Waals surface area (Å²) in [5.41, 5.74) is 3.10. The topological polar surface area (TPSA) is 40.6 Å². The highest BCUT2D eigenvalue weighted by Crippen LogP contribution is 2.33. The van der Waals surface area contributed by atoms with E-state index in [4.69, 9.17) is 0 Å². The summed E-state index contributed by atoms with van der Waals surface area (Å²) in [6, 6.07) is 17.7. The Balaban J connectivity index is 1.57. The number of anilines is 2. The SMILES string of the molecule is CC1Cc2ccccc2N(C(=O)C2CC(=O)N(c3ccccc3)C2)C1. The molecule has 0 N–H and O–H groups in total. The van der Waals surface area contributed by atoms with E-state index in [2.05, 4.69) is 13.0 Å². The molecule has 25 heavy (non-hydrogen) atoms. The van der Waals surface area contributed by atoms with Gasteiger partial charge in [0.05, 0.1) is 5.92 Å². The maximum Gasteiger partial charge on any atom is 0.232 e. The number of rotatable bonds is 2. The Morgan fingerprint density at radius 2 is 1.68 bits per heavy atom. The number of nitrogens with zero attached hydrogens (tertiary/aromatic N) is 2. The quantitative estimate of drug-likeness (QED) is 0.846. The van der Waals surface area contributed by atoms with Gasteiger partial charge in [0, 0.05) is 30.9 Å². The van der Waals surface area contributed by atoms with Gasteiger partial charge in [-0.25, -0.2) is 0 Å². The Hall–Kier alpha value is -2.62. The van der Waals surface area contributed by atoms with Crippen LogP contribution in [0.25, 0.3) is 0 Å². The number of hydrogen-bond donors (Lipinski definition) is 0. The van der Waals surface area contributed by atoms with Gasteiger partial charge in [-0.2, -0.15) is 0 Å². The van der Waals surface area contributed by atoms with E-state index >= 15 is 0 Å². The van der Waals surface area contributed by atoms with Gasteiger partial charge in [-0.3, -0.25) is 9.59 Å². The minimum Gasteiger partial charge on any atom is -0.312 e. The van der Waals surface area contributed by atoms with Crippen molar-refractivity contribution in [2.75, 3.05) is 22.9 Å². The molecular formula is C21H22N2O2. The lowest BCUT2D eigenvalue weighted by Crippen LogP contribution is -2.43. The third-order valence-electron chi connectivity index (χ3n) is 5.15. The van der Waals surface area contributed by atoms with E-state index in [-0.39, 0.29) is 17.7 Å². The number of para-hydroxylation sites is 2. The van der Waals surface area contributed by atoms with Gasteiger partial charge in [-0.15, -0.1) is 0 Å². The van der Waals surface area contributed by atoms with Crippen molar-refractivity contribution >= 4 is 23.2 Å². The Kier molecular flexibility index (Phi) is 4.04. The summed E-state index contributed by atoms with van der Waals surface area (Å²) in [7, 11) is 0. The summed E-state index contributed by atoms with van der Waals surface area (Å²) in [4.78, 5) is 29.3. The molecule has 4 nitrogen and oxygen atoms in total. The monoisotopic (exact) mass is 334 g/mol. The molecule has 0 radical (unpaired) electrons. The van der Waals surface area contributed by atoms with Crippen LogP contribution in [0, 0.1) is 11.8 Å². The molecular weight excluding hydrogens is 312 g/mol. The molecule has 1 fully saturated rings. The van der Waals surface area contributed by atoms with E-state index in [1.807, 2.05) is 53.4 Å². The summed E-state index contributed by atoms with van der Waals surface area (Å²) in [6.07, 6.45) is 1.29.